The van der Waals surface area contributed by atoms with Crippen LogP contribution in [0.1, 0.15) is 30.9 Å². The number of aromatic nitrogens is 4. The maximum atomic E-state index is 12.7. The molecule has 0 amide bonds. The van der Waals surface area contributed by atoms with Crippen molar-refractivity contribution >= 4 is 11.7 Å². The number of carbonyl (C=O) groups is 1. The molecule has 1 atom stereocenters. The number of rotatable bonds is 4. The van der Waals surface area contributed by atoms with E-state index in [0.717, 1.165) is 24.1 Å². The Balaban J connectivity index is 1.97. The van der Waals surface area contributed by atoms with Crippen LogP contribution >= 0.6 is 0 Å². The minimum atomic E-state index is -0.487. The lowest BCUT2D eigenvalue weighted by Crippen LogP contribution is -2.31. The molecule has 2 aliphatic rings. The largest absolute Gasteiger partial charge is 0.493 e. The van der Waals surface area contributed by atoms with Crippen molar-refractivity contribution in [2.24, 2.45) is 0 Å². The van der Waals surface area contributed by atoms with Crippen LogP contribution in [-0.4, -0.2) is 47.3 Å². The smallest absolute Gasteiger partial charge is 0.248 e. The quantitative estimate of drug-likeness (QED) is 0.883. The molecule has 0 bridgehead atoms. The summed E-state index contributed by atoms with van der Waals surface area (Å²) in [6.45, 7) is 0. The lowest BCUT2D eigenvalue weighted by Gasteiger charge is -2.32. The molecule has 0 fully saturated rings. The number of carbonyl (C=O) groups excluding carboxylic acids is 1. The van der Waals surface area contributed by atoms with Crippen molar-refractivity contribution in [3.05, 3.63) is 29.0 Å². The Morgan fingerprint density at radius 1 is 1.12 bits per heavy atom. The van der Waals surface area contributed by atoms with Crippen LogP contribution in [-0.2, 0) is 4.79 Å². The molecule has 0 radical (unpaired) electrons. The third kappa shape index (κ3) is 2.31. The maximum absolute atomic E-state index is 12.7. The van der Waals surface area contributed by atoms with Gasteiger partial charge in [-0.05, 0) is 35.4 Å². The number of nitrogens with one attached hydrogen (secondary N) is 1. The fraction of sp³-hybridized carbons (Fsp3) is 0.412. The summed E-state index contributed by atoms with van der Waals surface area (Å²) in [5, 5.41) is 15.1. The Hall–Kier alpha value is -3.10. The minimum absolute atomic E-state index is 0.0849. The van der Waals surface area contributed by atoms with Gasteiger partial charge in [-0.15, -0.1) is 0 Å². The molecule has 0 saturated carbocycles. The number of anilines is 1. The lowest BCUT2D eigenvalue weighted by molar-refractivity contribution is -0.116. The Morgan fingerprint density at radius 3 is 2.65 bits per heavy atom. The topological polar surface area (TPSA) is 100 Å². The van der Waals surface area contributed by atoms with Crippen molar-refractivity contribution in [1.82, 2.24) is 20.2 Å². The van der Waals surface area contributed by atoms with E-state index in [1.807, 2.05) is 6.07 Å². The molecule has 26 heavy (non-hydrogen) atoms. The van der Waals surface area contributed by atoms with Crippen molar-refractivity contribution < 1.29 is 19.0 Å². The second kappa shape index (κ2) is 6.32. The Kier molecular flexibility index (Phi) is 3.98. The third-order valence-electron chi connectivity index (χ3n) is 4.76. The molecule has 0 saturated heterocycles. The molecule has 9 nitrogen and oxygen atoms in total. The van der Waals surface area contributed by atoms with Crippen LogP contribution in [0.2, 0.25) is 0 Å². The van der Waals surface area contributed by atoms with Gasteiger partial charge in [-0.25, -0.2) is 0 Å². The van der Waals surface area contributed by atoms with E-state index in [2.05, 4.69) is 20.8 Å². The van der Waals surface area contributed by atoms with Crippen LogP contribution in [0, 0.1) is 0 Å². The van der Waals surface area contributed by atoms with E-state index in [1.165, 1.54) is 0 Å². The third-order valence-corrected chi connectivity index (χ3v) is 4.76. The first kappa shape index (κ1) is 16.4. The van der Waals surface area contributed by atoms with Crippen LogP contribution in [0.25, 0.3) is 0 Å². The SMILES string of the molecule is COc1ccc([C@@H]2C3=C(CCCC3=O)Nc3nnnn32)c(OC)c1OC. The van der Waals surface area contributed by atoms with E-state index in [1.54, 1.807) is 32.1 Å². The lowest BCUT2D eigenvalue weighted by atomic mass is 9.85. The van der Waals surface area contributed by atoms with Crippen molar-refractivity contribution in [3.63, 3.8) is 0 Å². The number of ether oxygens (including phenoxy) is 3. The van der Waals surface area contributed by atoms with Gasteiger partial charge in [0.05, 0.1) is 21.3 Å². The van der Waals surface area contributed by atoms with Gasteiger partial charge in [-0.1, -0.05) is 5.10 Å². The highest BCUT2D eigenvalue weighted by Crippen LogP contribution is 2.47. The fourth-order valence-corrected chi connectivity index (χ4v) is 3.64. The Morgan fingerprint density at radius 2 is 1.92 bits per heavy atom. The van der Waals surface area contributed by atoms with Crippen molar-refractivity contribution in [2.75, 3.05) is 26.6 Å². The van der Waals surface area contributed by atoms with Crippen LogP contribution < -0.4 is 19.5 Å². The number of tetrazole rings is 1. The molecule has 0 unspecified atom stereocenters. The molecule has 0 spiro atoms. The van der Waals surface area contributed by atoms with Crippen LogP contribution in [0.5, 0.6) is 17.2 Å². The molecule has 1 aromatic heterocycles. The highest BCUT2D eigenvalue weighted by Gasteiger charge is 2.38. The maximum Gasteiger partial charge on any atom is 0.248 e. The highest BCUT2D eigenvalue weighted by molar-refractivity contribution is 5.99. The zero-order valence-electron chi connectivity index (χ0n) is 14.8. The number of allylic oxidation sites excluding steroid dienone is 2. The zero-order valence-corrected chi connectivity index (χ0v) is 14.8. The number of hydrogen-bond donors (Lipinski definition) is 1. The predicted molar refractivity (Wildman–Crippen MR) is 91.6 cm³/mol. The van der Waals surface area contributed by atoms with Gasteiger partial charge in [-0.3, -0.25) is 4.79 Å². The number of benzene rings is 1. The summed E-state index contributed by atoms with van der Waals surface area (Å²) in [7, 11) is 4.66. The van der Waals surface area contributed by atoms with E-state index < -0.39 is 6.04 Å². The number of nitrogens with zero attached hydrogens (tertiary/aromatic N) is 4. The van der Waals surface area contributed by atoms with E-state index in [9.17, 15) is 4.79 Å². The van der Waals surface area contributed by atoms with Gasteiger partial charge in [-0.2, -0.15) is 4.68 Å². The van der Waals surface area contributed by atoms with E-state index >= 15 is 0 Å². The Bertz CT molecular complexity index is 905. The number of Topliss-reactive ketones (excluding diaryl/α,β-unsaturated/α-hetero) is 1. The summed E-state index contributed by atoms with van der Waals surface area (Å²) in [4.78, 5) is 12.7. The first-order valence-electron chi connectivity index (χ1n) is 8.29. The summed E-state index contributed by atoms with van der Waals surface area (Å²) in [6, 6.07) is 3.16. The standard InChI is InChI=1S/C17H19N5O4/c1-24-12-8-7-9(15(25-2)16(12)26-3)14-13-10(5-4-6-11(13)23)18-17-19-20-21-22(14)17/h7-8,14H,4-6H2,1-3H3,(H,18,19,21)/t14-/m1/s1. The molecule has 1 aromatic carbocycles. The normalized spacial score (nSPS) is 18.7. The van der Waals surface area contributed by atoms with Crippen LogP contribution in [0.4, 0.5) is 5.95 Å². The molecule has 2 aromatic rings. The van der Waals surface area contributed by atoms with Gasteiger partial charge >= 0.3 is 0 Å². The van der Waals surface area contributed by atoms with Crippen LogP contribution in [0.3, 0.4) is 0 Å². The van der Waals surface area contributed by atoms with Crippen LogP contribution in [0.15, 0.2) is 23.4 Å². The van der Waals surface area contributed by atoms with Gasteiger partial charge in [0.1, 0.15) is 6.04 Å². The van der Waals surface area contributed by atoms with E-state index in [0.29, 0.717) is 35.2 Å². The molecule has 2 heterocycles. The van der Waals surface area contributed by atoms with Gasteiger partial charge in [0.25, 0.3) is 0 Å². The average Bonchev–Trinajstić information content (AvgIpc) is 3.13. The number of ketones is 1. The molecule has 1 aliphatic carbocycles. The number of fused-ring (bicyclic) bond motifs is 1. The summed E-state index contributed by atoms with van der Waals surface area (Å²) < 4.78 is 18.1. The zero-order chi connectivity index (χ0) is 18.3. The average molecular weight is 357 g/mol. The molecule has 136 valence electrons. The van der Waals surface area contributed by atoms with Crippen molar-refractivity contribution in [2.45, 2.75) is 25.3 Å². The molecular weight excluding hydrogens is 338 g/mol. The monoisotopic (exact) mass is 357 g/mol. The summed E-state index contributed by atoms with van der Waals surface area (Å²) >= 11 is 0. The minimum Gasteiger partial charge on any atom is -0.493 e. The first-order valence-corrected chi connectivity index (χ1v) is 8.29. The number of methoxy groups -OCH3 is 3. The molecule has 4 rings (SSSR count). The molecule has 1 aliphatic heterocycles. The molecular formula is C17H19N5O4. The summed E-state index contributed by atoms with van der Waals surface area (Å²) in [6.07, 6.45) is 2.09. The first-order chi connectivity index (χ1) is 12.7. The molecule has 9 heteroatoms. The summed E-state index contributed by atoms with van der Waals surface area (Å²) in [5.74, 6) is 2.08. The van der Waals surface area contributed by atoms with Gasteiger partial charge < -0.3 is 19.5 Å². The van der Waals surface area contributed by atoms with Gasteiger partial charge in [0.15, 0.2) is 17.3 Å². The fourth-order valence-electron chi connectivity index (χ4n) is 3.64. The number of hydrogen-bond acceptors (Lipinski definition) is 8. The van der Waals surface area contributed by atoms with E-state index in [-0.39, 0.29) is 5.78 Å². The Labute approximate surface area is 149 Å². The second-order valence-corrected chi connectivity index (χ2v) is 6.07. The van der Waals surface area contributed by atoms with Gasteiger partial charge in [0, 0.05) is 23.3 Å². The molecule has 1 N–H and O–H groups in total. The van der Waals surface area contributed by atoms with E-state index in [4.69, 9.17) is 14.2 Å². The second-order valence-electron chi connectivity index (χ2n) is 6.07. The van der Waals surface area contributed by atoms with Crippen molar-refractivity contribution in [3.8, 4) is 17.2 Å². The van der Waals surface area contributed by atoms with Gasteiger partial charge in [0.2, 0.25) is 11.7 Å². The predicted octanol–water partition coefficient (Wildman–Crippen LogP) is 1.72. The summed E-state index contributed by atoms with van der Waals surface area (Å²) in [5.41, 5.74) is 2.27. The highest BCUT2D eigenvalue weighted by atomic mass is 16.5. The van der Waals surface area contributed by atoms with Crippen molar-refractivity contribution in [1.29, 1.82) is 0 Å².